The van der Waals surface area contributed by atoms with Crippen LogP contribution in [0.1, 0.15) is 74.0 Å². The van der Waals surface area contributed by atoms with Crippen LogP contribution in [0, 0.1) is 0 Å². The maximum atomic E-state index is 12.6. The molecule has 0 radical (unpaired) electrons. The normalized spacial score (nSPS) is 20.6. The lowest BCUT2D eigenvalue weighted by atomic mass is 9.99. The number of aliphatic carboxylic acids is 1. The molecule has 2 fully saturated rings. The Kier molecular flexibility index (Phi) is 11.9. The minimum Gasteiger partial charge on any atom is -0.481 e. The van der Waals surface area contributed by atoms with Gasteiger partial charge in [-0.1, -0.05) is 49.2 Å². The molecule has 11 heteroatoms. The Hall–Kier alpha value is -3.90. The van der Waals surface area contributed by atoms with Crippen LogP contribution in [0.5, 0.6) is 0 Å². The second-order valence-electron chi connectivity index (χ2n) is 11.7. The first-order valence-corrected chi connectivity index (χ1v) is 15.8. The van der Waals surface area contributed by atoms with Crippen LogP contribution in [0.4, 0.5) is 11.6 Å². The van der Waals surface area contributed by atoms with Crippen molar-refractivity contribution in [3.8, 4) is 0 Å². The van der Waals surface area contributed by atoms with Crippen molar-refractivity contribution < 1.29 is 29.3 Å². The van der Waals surface area contributed by atoms with Crippen molar-refractivity contribution in [3.05, 3.63) is 83.7 Å². The van der Waals surface area contributed by atoms with E-state index in [9.17, 15) is 14.7 Å². The lowest BCUT2D eigenvalue weighted by molar-refractivity contribution is -0.253. The molecule has 1 amide bonds. The third-order valence-corrected chi connectivity index (χ3v) is 8.27. The first kappa shape index (κ1) is 32.5. The van der Waals surface area contributed by atoms with Gasteiger partial charge in [0.25, 0.3) is 0 Å². The number of hydrogen-bond acceptors (Lipinski definition) is 9. The number of nitrogens with one attached hydrogen (secondary N) is 1. The number of hydrogen-bond donors (Lipinski definition) is 3. The zero-order chi connectivity index (χ0) is 31.4. The fourth-order valence-corrected chi connectivity index (χ4v) is 5.81. The van der Waals surface area contributed by atoms with Crippen LogP contribution in [0.25, 0.3) is 0 Å². The number of amides is 1. The number of rotatable bonds is 14. The Bertz CT molecular complexity index is 1370. The molecule has 11 nitrogen and oxygen atoms in total. The van der Waals surface area contributed by atoms with Crippen molar-refractivity contribution in [3.63, 3.8) is 0 Å². The van der Waals surface area contributed by atoms with Gasteiger partial charge in [-0.2, -0.15) is 0 Å². The topological polar surface area (TPSA) is 137 Å². The highest BCUT2D eigenvalue weighted by Gasteiger charge is 2.34. The van der Waals surface area contributed by atoms with Crippen molar-refractivity contribution in [2.75, 3.05) is 42.9 Å². The van der Waals surface area contributed by atoms with Crippen molar-refractivity contribution in [2.45, 2.75) is 70.1 Å². The second kappa shape index (κ2) is 16.4. The van der Waals surface area contributed by atoms with E-state index in [1.165, 1.54) is 0 Å². The first-order valence-electron chi connectivity index (χ1n) is 15.8. The van der Waals surface area contributed by atoms with Gasteiger partial charge < -0.3 is 29.9 Å². The molecule has 2 aromatic carbocycles. The number of unbranched alkanes of at least 4 members (excludes halogenated alkanes) is 3. The Labute approximate surface area is 264 Å². The number of carbonyl (C=O) groups excluding carboxylic acids is 1. The number of benzene rings is 2. The summed E-state index contributed by atoms with van der Waals surface area (Å²) >= 11 is 0. The monoisotopic (exact) mass is 617 g/mol. The average molecular weight is 618 g/mol. The van der Waals surface area contributed by atoms with Gasteiger partial charge in [-0.3, -0.25) is 14.5 Å². The summed E-state index contributed by atoms with van der Waals surface area (Å²) in [6.45, 7) is 4.18. The molecule has 3 aromatic rings. The van der Waals surface area contributed by atoms with E-state index in [1.807, 2.05) is 54.6 Å². The highest BCUT2D eigenvalue weighted by Crippen LogP contribution is 2.38. The fourth-order valence-electron chi connectivity index (χ4n) is 5.81. The number of carboxylic acid groups (broad SMARTS) is 1. The van der Waals surface area contributed by atoms with Crippen LogP contribution in [0.15, 0.2) is 67.0 Å². The number of aromatic nitrogens is 2. The summed E-state index contributed by atoms with van der Waals surface area (Å²) in [6.07, 6.45) is 6.86. The largest absolute Gasteiger partial charge is 0.481 e. The molecule has 5 rings (SSSR count). The number of nitrogens with zero attached hydrogens (tertiary/aromatic N) is 4. The number of carbonyl (C=O) groups is 2. The van der Waals surface area contributed by atoms with E-state index in [-0.39, 0.29) is 31.1 Å². The van der Waals surface area contributed by atoms with E-state index >= 15 is 0 Å². The first-order chi connectivity index (χ1) is 22.0. The third kappa shape index (κ3) is 9.79. The van der Waals surface area contributed by atoms with Gasteiger partial charge in [0.05, 0.1) is 18.8 Å². The minimum atomic E-state index is -0.784. The summed E-state index contributed by atoms with van der Waals surface area (Å²) in [6, 6.07) is 17.3. The molecule has 3 atom stereocenters. The Morgan fingerprint density at radius 3 is 2.31 bits per heavy atom. The summed E-state index contributed by atoms with van der Waals surface area (Å²) in [5.41, 5.74) is 3.39. The lowest BCUT2D eigenvalue weighted by Gasteiger charge is -2.40. The van der Waals surface area contributed by atoms with E-state index < -0.39 is 12.3 Å². The minimum absolute atomic E-state index is 0.0105. The highest BCUT2D eigenvalue weighted by molar-refractivity contribution is 5.90. The molecule has 2 saturated heterocycles. The fraction of sp³-hybridized carbons (Fsp3) is 0.471. The van der Waals surface area contributed by atoms with Gasteiger partial charge in [0.2, 0.25) is 11.9 Å². The summed E-state index contributed by atoms with van der Waals surface area (Å²) in [7, 11) is 0. The number of aliphatic hydroxyl groups excluding tert-OH is 1. The van der Waals surface area contributed by atoms with Crippen LogP contribution in [0.3, 0.4) is 0 Å². The zero-order valence-corrected chi connectivity index (χ0v) is 25.6. The lowest BCUT2D eigenvalue weighted by Crippen LogP contribution is -2.50. The van der Waals surface area contributed by atoms with Gasteiger partial charge in [-0.05, 0) is 42.2 Å². The van der Waals surface area contributed by atoms with Gasteiger partial charge >= 0.3 is 5.97 Å². The third-order valence-electron chi connectivity index (χ3n) is 8.27. The summed E-state index contributed by atoms with van der Waals surface area (Å²) < 4.78 is 13.1. The molecule has 0 saturated carbocycles. The SMILES string of the molecule is O=C(O)CCCCCCC(=O)Nc1cccc(C2OC(CN3CCN(c4ncccn4)CC3)CC(c3ccc(CO)cc3)O2)c1. The van der Waals surface area contributed by atoms with Gasteiger partial charge in [-0.25, -0.2) is 9.97 Å². The smallest absolute Gasteiger partial charge is 0.303 e. The van der Waals surface area contributed by atoms with E-state index in [0.29, 0.717) is 31.4 Å². The Morgan fingerprint density at radius 1 is 0.867 bits per heavy atom. The van der Waals surface area contributed by atoms with Crippen LogP contribution < -0.4 is 10.2 Å². The molecule has 0 spiro atoms. The van der Waals surface area contributed by atoms with E-state index in [4.69, 9.17) is 14.6 Å². The molecule has 2 aliphatic heterocycles. The maximum absolute atomic E-state index is 12.6. The molecule has 3 unspecified atom stereocenters. The predicted molar refractivity (Wildman–Crippen MR) is 170 cm³/mol. The second-order valence-corrected chi connectivity index (χ2v) is 11.7. The van der Waals surface area contributed by atoms with Crippen LogP contribution in [0.2, 0.25) is 0 Å². The molecule has 3 heterocycles. The van der Waals surface area contributed by atoms with Crippen LogP contribution in [-0.4, -0.2) is 75.8 Å². The maximum Gasteiger partial charge on any atom is 0.303 e. The number of aliphatic hydroxyl groups is 1. The molecular formula is C34H43N5O6. The molecule has 0 aliphatic carbocycles. The number of piperazine rings is 1. The van der Waals surface area contributed by atoms with Gasteiger partial charge in [0.1, 0.15) is 0 Å². The van der Waals surface area contributed by atoms with Crippen LogP contribution in [-0.2, 0) is 25.7 Å². The van der Waals surface area contributed by atoms with Crippen LogP contribution >= 0.6 is 0 Å². The van der Waals surface area contributed by atoms with E-state index in [1.54, 1.807) is 12.4 Å². The standard InChI is InChI=1S/C34H43N5O6/c40-24-25-11-13-26(14-12-25)30-22-29(23-38-17-19-39(20-18-38)34-35-15-6-16-36-34)44-33(45-30)27-7-5-8-28(21-27)37-31(41)9-3-1-2-4-10-32(42)43/h5-8,11-16,21,29-30,33,40H,1-4,9-10,17-20,22-24H2,(H,37,41)(H,42,43). The van der Waals surface area contributed by atoms with Gasteiger partial charge in [0, 0.05) is 75.6 Å². The van der Waals surface area contributed by atoms with E-state index in [2.05, 4.69) is 25.1 Å². The van der Waals surface area contributed by atoms with Crippen molar-refractivity contribution in [2.24, 2.45) is 0 Å². The summed E-state index contributed by atoms with van der Waals surface area (Å²) in [5.74, 6) is -0.0997. The summed E-state index contributed by atoms with van der Waals surface area (Å²) in [5, 5.41) is 21.3. The zero-order valence-electron chi connectivity index (χ0n) is 25.6. The predicted octanol–water partition coefficient (Wildman–Crippen LogP) is 4.70. The van der Waals surface area contributed by atoms with Gasteiger partial charge in [-0.15, -0.1) is 0 Å². The number of ether oxygens (including phenoxy) is 2. The Morgan fingerprint density at radius 2 is 1.60 bits per heavy atom. The number of carboxylic acids is 1. The Balaban J connectivity index is 1.21. The highest BCUT2D eigenvalue weighted by atomic mass is 16.7. The summed E-state index contributed by atoms with van der Waals surface area (Å²) in [4.78, 5) is 36.7. The molecule has 2 aliphatic rings. The number of anilines is 2. The quantitative estimate of drug-likeness (QED) is 0.218. The average Bonchev–Trinajstić information content (AvgIpc) is 3.07. The molecule has 240 valence electrons. The molecule has 3 N–H and O–H groups in total. The molecule has 0 bridgehead atoms. The van der Waals surface area contributed by atoms with Crippen molar-refractivity contribution in [1.82, 2.24) is 14.9 Å². The molecular weight excluding hydrogens is 574 g/mol. The molecule has 1 aromatic heterocycles. The van der Waals surface area contributed by atoms with Crippen molar-refractivity contribution >= 4 is 23.5 Å². The van der Waals surface area contributed by atoms with Gasteiger partial charge in [0.15, 0.2) is 6.29 Å². The van der Waals surface area contributed by atoms with E-state index in [0.717, 1.165) is 68.2 Å². The molecule has 45 heavy (non-hydrogen) atoms. The van der Waals surface area contributed by atoms with Crippen molar-refractivity contribution in [1.29, 1.82) is 0 Å².